The molecule has 1 aromatic carbocycles. The molecule has 4 nitrogen and oxygen atoms in total. The van der Waals surface area contributed by atoms with Crippen LogP contribution >= 0.6 is 0 Å². The summed E-state index contributed by atoms with van der Waals surface area (Å²) >= 11 is 0. The Morgan fingerprint density at radius 3 is 2.31 bits per heavy atom. The van der Waals surface area contributed by atoms with Gasteiger partial charge in [-0.3, -0.25) is 0 Å². The first kappa shape index (κ1) is 9.49. The molecule has 0 aliphatic heterocycles. The second-order valence-electron chi connectivity index (χ2n) is 2.86. The average Bonchev–Trinajstić information content (AvgIpc) is 2.17. The molecule has 1 aromatic rings. The van der Waals surface area contributed by atoms with Crippen molar-refractivity contribution in [2.45, 2.75) is 13.2 Å². The van der Waals surface area contributed by atoms with Crippen molar-refractivity contribution in [1.29, 1.82) is 5.39 Å². The molecule has 1 N–H and O–H groups in total. The zero-order valence-electron chi connectivity index (χ0n) is 7.68. The van der Waals surface area contributed by atoms with Crippen molar-refractivity contribution >= 4 is 11.4 Å². The van der Waals surface area contributed by atoms with Gasteiger partial charge >= 0.3 is 5.69 Å². The number of rotatable bonds is 2. The molecular weight excluding hydrogens is 166 g/mol. The summed E-state index contributed by atoms with van der Waals surface area (Å²) in [5.74, 6) is 0. The van der Waals surface area contributed by atoms with Gasteiger partial charge < -0.3 is 10.0 Å². The fraction of sp³-hybridized carbons (Fsp3) is 0.333. The third-order valence-corrected chi connectivity index (χ3v) is 1.93. The molecule has 0 bridgehead atoms. The van der Waals surface area contributed by atoms with Crippen molar-refractivity contribution in [2.75, 3.05) is 11.9 Å². The Bertz CT molecular complexity index is 313. The van der Waals surface area contributed by atoms with Gasteiger partial charge in [0.15, 0.2) is 4.98 Å². The van der Waals surface area contributed by atoms with Crippen molar-refractivity contribution in [1.82, 2.24) is 0 Å². The van der Waals surface area contributed by atoms with E-state index in [0.29, 0.717) is 5.69 Å². The van der Waals surface area contributed by atoms with Crippen LogP contribution in [0.25, 0.3) is 4.98 Å². The highest BCUT2D eigenvalue weighted by atomic mass is 16.3. The van der Waals surface area contributed by atoms with Crippen molar-refractivity contribution in [3.05, 3.63) is 29.2 Å². The quantitative estimate of drug-likeness (QED) is 0.556. The van der Waals surface area contributed by atoms with Gasteiger partial charge in [-0.05, 0) is 19.1 Å². The van der Waals surface area contributed by atoms with Crippen LogP contribution in [0.1, 0.15) is 6.92 Å². The Kier molecular flexibility index (Phi) is 2.83. The number of aliphatic hydroxyl groups excluding tert-OH is 1. The number of nitrogens with zero attached hydrogens (tertiary/aromatic N) is 3. The van der Waals surface area contributed by atoms with Gasteiger partial charge in [-0.15, -0.1) is 0 Å². The van der Waals surface area contributed by atoms with Crippen molar-refractivity contribution in [2.24, 2.45) is 0 Å². The first-order valence-corrected chi connectivity index (χ1v) is 4.01. The van der Waals surface area contributed by atoms with Crippen molar-refractivity contribution < 1.29 is 5.11 Å². The number of benzene rings is 1. The lowest BCUT2D eigenvalue weighted by atomic mass is 10.2. The lowest BCUT2D eigenvalue weighted by molar-refractivity contribution is 0.195. The van der Waals surface area contributed by atoms with Crippen LogP contribution in [0.3, 0.4) is 0 Å². The fourth-order valence-electron chi connectivity index (χ4n) is 0.970. The van der Waals surface area contributed by atoms with Crippen LogP contribution in [0.5, 0.6) is 0 Å². The van der Waals surface area contributed by atoms with E-state index in [-0.39, 0.29) is 0 Å². The molecule has 1 rings (SSSR count). The van der Waals surface area contributed by atoms with E-state index >= 15 is 0 Å². The largest absolute Gasteiger partial charge is 0.385 e. The normalized spacial score (nSPS) is 11.8. The lowest BCUT2D eigenvalue weighted by Crippen LogP contribution is -2.27. The van der Waals surface area contributed by atoms with Crippen LogP contribution in [-0.4, -0.2) is 18.4 Å². The van der Waals surface area contributed by atoms with E-state index < -0.39 is 6.23 Å². The van der Waals surface area contributed by atoms with Crippen LogP contribution in [-0.2, 0) is 0 Å². The highest BCUT2D eigenvalue weighted by Crippen LogP contribution is 2.19. The van der Waals surface area contributed by atoms with Gasteiger partial charge in [0.1, 0.15) is 6.23 Å². The van der Waals surface area contributed by atoms with Gasteiger partial charge in [0.2, 0.25) is 5.39 Å². The Hall–Kier alpha value is -1.60. The molecule has 0 amide bonds. The molecule has 0 spiro atoms. The molecule has 0 saturated heterocycles. The summed E-state index contributed by atoms with van der Waals surface area (Å²) in [5.41, 5.74) is 1.38. The van der Waals surface area contributed by atoms with E-state index in [9.17, 15) is 5.11 Å². The first-order valence-electron chi connectivity index (χ1n) is 4.01. The average molecular weight is 178 g/mol. The van der Waals surface area contributed by atoms with Crippen LogP contribution in [0.4, 0.5) is 11.4 Å². The molecule has 0 aliphatic rings. The predicted molar refractivity (Wildman–Crippen MR) is 51.3 cm³/mol. The van der Waals surface area contributed by atoms with E-state index in [2.05, 4.69) is 4.98 Å². The second-order valence-corrected chi connectivity index (χ2v) is 2.86. The highest BCUT2D eigenvalue weighted by molar-refractivity contribution is 5.54. The molecule has 0 heterocycles. The molecule has 0 aromatic heterocycles. The third-order valence-electron chi connectivity index (χ3n) is 1.93. The summed E-state index contributed by atoms with van der Waals surface area (Å²) in [6.45, 7) is 1.68. The Morgan fingerprint density at radius 2 is 1.92 bits per heavy atom. The minimum atomic E-state index is -0.531. The lowest BCUT2D eigenvalue weighted by Gasteiger charge is -2.21. The topological polar surface area (TPSA) is 51.6 Å². The predicted octanol–water partition coefficient (Wildman–Crippen LogP) is 1.95. The van der Waals surface area contributed by atoms with Crippen LogP contribution in [0, 0.1) is 5.39 Å². The minimum Gasteiger partial charge on any atom is -0.374 e. The van der Waals surface area contributed by atoms with Gasteiger partial charge in [0.25, 0.3) is 0 Å². The van der Waals surface area contributed by atoms with E-state index in [1.54, 1.807) is 43.1 Å². The van der Waals surface area contributed by atoms with Crippen LogP contribution in [0.2, 0.25) is 0 Å². The maximum atomic E-state index is 9.25. The SMILES string of the molecule is CC(O)N(C)c1ccc([N+]#N)cc1. The molecular formula is C9H12N3O+. The number of hydrogen-bond donors (Lipinski definition) is 1. The number of anilines is 1. The zero-order valence-corrected chi connectivity index (χ0v) is 7.68. The second kappa shape index (κ2) is 3.87. The van der Waals surface area contributed by atoms with Gasteiger partial charge in [-0.25, -0.2) is 0 Å². The van der Waals surface area contributed by atoms with E-state index in [1.165, 1.54) is 0 Å². The smallest absolute Gasteiger partial charge is 0.374 e. The molecule has 1 unspecified atom stereocenters. The maximum Gasteiger partial charge on any atom is 0.385 e. The Morgan fingerprint density at radius 1 is 1.38 bits per heavy atom. The molecule has 4 heteroatoms. The summed E-state index contributed by atoms with van der Waals surface area (Å²) in [7, 11) is 1.79. The zero-order chi connectivity index (χ0) is 9.84. The summed E-state index contributed by atoms with van der Waals surface area (Å²) in [4.78, 5) is 4.74. The van der Waals surface area contributed by atoms with Crippen molar-refractivity contribution in [3.8, 4) is 0 Å². The minimum absolute atomic E-state index is 0.503. The maximum absolute atomic E-state index is 9.25. The molecule has 0 aliphatic carbocycles. The summed E-state index contributed by atoms with van der Waals surface area (Å²) in [5, 5.41) is 17.7. The molecule has 0 radical (unpaired) electrons. The standard InChI is InChI=1S/C9H12N3O/c1-7(13)12(2)9-5-3-8(11-10)4-6-9/h3-7,13H,1-2H3/q+1. The van der Waals surface area contributed by atoms with Crippen LogP contribution < -0.4 is 4.90 Å². The molecule has 0 fully saturated rings. The van der Waals surface area contributed by atoms with E-state index in [0.717, 1.165) is 5.69 Å². The van der Waals surface area contributed by atoms with E-state index in [1.807, 2.05) is 0 Å². The van der Waals surface area contributed by atoms with E-state index in [4.69, 9.17) is 5.39 Å². The number of hydrogen-bond acceptors (Lipinski definition) is 3. The van der Waals surface area contributed by atoms with Gasteiger partial charge in [0, 0.05) is 24.9 Å². The van der Waals surface area contributed by atoms with Gasteiger partial charge in [-0.2, -0.15) is 0 Å². The molecule has 68 valence electrons. The highest BCUT2D eigenvalue weighted by Gasteiger charge is 2.08. The Balaban J connectivity index is 2.87. The monoisotopic (exact) mass is 178 g/mol. The molecule has 1 atom stereocenters. The summed E-state index contributed by atoms with van der Waals surface area (Å²) in [6, 6.07) is 6.91. The van der Waals surface area contributed by atoms with Gasteiger partial charge in [0.05, 0.1) is 0 Å². The summed E-state index contributed by atoms with van der Waals surface area (Å²) < 4.78 is 0. The molecule has 0 saturated carbocycles. The fourth-order valence-corrected chi connectivity index (χ4v) is 0.970. The Labute approximate surface area is 77.0 Å². The number of aliphatic hydroxyl groups is 1. The number of diazo groups is 1. The first-order chi connectivity index (χ1) is 6.15. The molecule has 13 heavy (non-hydrogen) atoms. The van der Waals surface area contributed by atoms with Crippen molar-refractivity contribution in [3.63, 3.8) is 0 Å². The third kappa shape index (κ3) is 2.17. The van der Waals surface area contributed by atoms with Crippen LogP contribution in [0.15, 0.2) is 24.3 Å². The summed E-state index contributed by atoms with van der Waals surface area (Å²) in [6.07, 6.45) is -0.531. The van der Waals surface area contributed by atoms with Gasteiger partial charge in [-0.1, -0.05) is 0 Å².